The summed E-state index contributed by atoms with van der Waals surface area (Å²) in [4.78, 5) is 22.4. The first-order valence-corrected chi connectivity index (χ1v) is 7.94. The minimum Gasteiger partial charge on any atom is -0.480 e. The van der Waals surface area contributed by atoms with Crippen molar-refractivity contribution in [3.8, 4) is 0 Å². The molecule has 1 rings (SSSR count). The molecule has 1 aliphatic heterocycles. The van der Waals surface area contributed by atoms with E-state index >= 15 is 0 Å². The van der Waals surface area contributed by atoms with Crippen LogP contribution in [0.4, 0.5) is 0 Å². The minimum atomic E-state index is -3.90. The number of rotatable bonds is 7. The van der Waals surface area contributed by atoms with E-state index in [9.17, 15) is 18.0 Å². The van der Waals surface area contributed by atoms with Crippen molar-refractivity contribution in [2.24, 2.45) is 5.92 Å². The summed E-state index contributed by atoms with van der Waals surface area (Å²) >= 11 is 0. The summed E-state index contributed by atoms with van der Waals surface area (Å²) in [6.07, 6.45) is 2.04. The third-order valence-electron chi connectivity index (χ3n) is 3.32. The van der Waals surface area contributed by atoms with E-state index in [0.717, 1.165) is 4.31 Å². The van der Waals surface area contributed by atoms with Gasteiger partial charge in [0, 0.05) is 13.1 Å². The van der Waals surface area contributed by atoms with Crippen LogP contribution in [-0.2, 0) is 24.5 Å². The molecule has 0 amide bonds. The second kappa shape index (κ2) is 7.53. The highest BCUT2D eigenvalue weighted by Crippen LogP contribution is 2.20. The Morgan fingerprint density at radius 3 is 2.48 bits per heavy atom. The number of piperidine rings is 1. The highest BCUT2D eigenvalue weighted by Gasteiger charge is 2.33. The molecule has 0 spiro atoms. The van der Waals surface area contributed by atoms with Gasteiger partial charge < -0.3 is 9.84 Å². The molecule has 0 saturated carbocycles. The van der Waals surface area contributed by atoms with Crippen LogP contribution in [0.25, 0.3) is 0 Å². The zero-order chi connectivity index (χ0) is 16.0. The average molecular weight is 320 g/mol. The van der Waals surface area contributed by atoms with E-state index in [-0.39, 0.29) is 31.4 Å². The Morgan fingerprint density at radius 1 is 1.48 bits per heavy atom. The zero-order valence-electron chi connectivity index (χ0n) is 11.8. The molecule has 2 N–H and O–H groups in total. The van der Waals surface area contributed by atoms with Crippen LogP contribution in [0.3, 0.4) is 0 Å². The first kappa shape index (κ1) is 17.6. The molecule has 0 bridgehead atoms. The van der Waals surface area contributed by atoms with Gasteiger partial charge in [-0.25, -0.2) is 0 Å². The van der Waals surface area contributed by atoms with Crippen LogP contribution < -0.4 is 4.72 Å². The van der Waals surface area contributed by atoms with Gasteiger partial charge in [-0.05, 0) is 19.3 Å². The van der Waals surface area contributed by atoms with Crippen LogP contribution >= 0.6 is 0 Å². The number of carboxylic acids is 1. The van der Waals surface area contributed by atoms with E-state index in [2.05, 4.69) is 16.0 Å². The molecule has 0 aromatic carbocycles. The Balaban J connectivity index is 2.66. The summed E-state index contributed by atoms with van der Waals surface area (Å²) in [7, 11) is -2.61. The molecule has 8 nitrogen and oxygen atoms in total. The van der Waals surface area contributed by atoms with Crippen molar-refractivity contribution in [1.82, 2.24) is 9.03 Å². The number of carboxylic acid groups (broad SMARTS) is 1. The molecular formula is C12H20N2O6S. The molecule has 21 heavy (non-hydrogen) atoms. The molecule has 1 unspecified atom stereocenters. The number of carbonyl (C=O) groups is 2. The van der Waals surface area contributed by atoms with Crippen LogP contribution in [0.5, 0.6) is 0 Å². The first-order chi connectivity index (χ1) is 9.81. The van der Waals surface area contributed by atoms with E-state index in [4.69, 9.17) is 5.11 Å². The van der Waals surface area contributed by atoms with Gasteiger partial charge in [0.1, 0.15) is 6.04 Å². The molecule has 1 saturated heterocycles. The first-order valence-electron chi connectivity index (χ1n) is 6.50. The van der Waals surface area contributed by atoms with Gasteiger partial charge in [-0.15, -0.1) is 6.58 Å². The lowest BCUT2D eigenvalue weighted by molar-refractivity contribution is -0.146. The van der Waals surface area contributed by atoms with Gasteiger partial charge in [0.15, 0.2) is 0 Å². The predicted molar refractivity (Wildman–Crippen MR) is 74.6 cm³/mol. The average Bonchev–Trinajstić information content (AvgIpc) is 2.45. The molecule has 0 aromatic rings. The van der Waals surface area contributed by atoms with Gasteiger partial charge in [0.05, 0.1) is 13.0 Å². The normalized spacial score (nSPS) is 18.9. The fraction of sp³-hybridized carbons (Fsp3) is 0.667. The summed E-state index contributed by atoms with van der Waals surface area (Å²) in [6.45, 7) is 3.70. The lowest BCUT2D eigenvalue weighted by Gasteiger charge is -2.30. The Hall–Kier alpha value is -1.45. The highest BCUT2D eigenvalue weighted by molar-refractivity contribution is 7.87. The van der Waals surface area contributed by atoms with E-state index in [1.807, 2.05) is 0 Å². The Bertz CT molecular complexity index is 496. The second-order valence-corrected chi connectivity index (χ2v) is 6.44. The third-order valence-corrected chi connectivity index (χ3v) is 4.95. The molecule has 0 radical (unpaired) electrons. The van der Waals surface area contributed by atoms with Crippen LogP contribution in [0, 0.1) is 5.92 Å². The zero-order valence-corrected chi connectivity index (χ0v) is 12.6. The van der Waals surface area contributed by atoms with Crippen LogP contribution in [0.2, 0.25) is 0 Å². The molecule has 0 aromatic heterocycles. The lowest BCUT2D eigenvalue weighted by Crippen LogP contribution is -2.50. The number of hydrogen-bond donors (Lipinski definition) is 2. The van der Waals surface area contributed by atoms with E-state index < -0.39 is 22.2 Å². The van der Waals surface area contributed by atoms with Crippen molar-refractivity contribution in [2.45, 2.75) is 25.3 Å². The van der Waals surface area contributed by atoms with E-state index in [0.29, 0.717) is 12.8 Å². The molecular weight excluding hydrogens is 300 g/mol. The fourth-order valence-corrected chi connectivity index (χ4v) is 3.52. The number of nitrogens with one attached hydrogen (secondary N) is 1. The number of hydrogen-bond acceptors (Lipinski definition) is 5. The monoisotopic (exact) mass is 320 g/mol. The minimum absolute atomic E-state index is 0.00676. The predicted octanol–water partition coefficient (Wildman–Crippen LogP) is -0.265. The molecule has 0 aliphatic carbocycles. The molecule has 1 aliphatic rings. The van der Waals surface area contributed by atoms with Gasteiger partial charge in [0.25, 0.3) is 10.2 Å². The molecule has 120 valence electrons. The van der Waals surface area contributed by atoms with Gasteiger partial charge in [-0.2, -0.15) is 17.4 Å². The van der Waals surface area contributed by atoms with Gasteiger partial charge in [0.2, 0.25) is 0 Å². The molecule has 1 fully saturated rings. The lowest BCUT2D eigenvalue weighted by atomic mass is 9.99. The SMILES string of the molecule is C=CCC(NS(=O)(=O)N1CCC(C(=O)OC)CC1)C(=O)O. The summed E-state index contributed by atoms with van der Waals surface area (Å²) in [5.41, 5.74) is 0. The Morgan fingerprint density at radius 2 is 2.05 bits per heavy atom. The smallest absolute Gasteiger partial charge is 0.322 e. The van der Waals surface area contributed by atoms with Crippen molar-refractivity contribution < 1.29 is 27.9 Å². The second-order valence-electron chi connectivity index (χ2n) is 4.73. The van der Waals surface area contributed by atoms with Crippen molar-refractivity contribution >= 4 is 22.1 Å². The highest BCUT2D eigenvalue weighted by atomic mass is 32.2. The van der Waals surface area contributed by atoms with Gasteiger partial charge in [-0.3, -0.25) is 9.59 Å². The summed E-state index contributed by atoms with van der Waals surface area (Å²) < 4.78 is 32.1. The standard InChI is InChI=1S/C12H20N2O6S/c1-3-4-10(11(15)16)13-21(18,19)14-7-5-9(6-8-14)12(17)20-2/h3,9-10,13H,1,4-8H2,2H3,(H,15,16). The topological polar surface area (TPSA) is 113 Å². The van der Waals surface area contributed by atoms with Crippen molar-refractivity contribution in [3.63, 3.8) is 0 Å². The van der Waals surface area contributed by atoms with Gasteiger partial charge >= 0.3 is 11.9 Å². The maximum absolute atomic E-state index is 12.1. The van der Waals surface area contributed by atoms with Crippen LogP contribution in [0.15, 0.2) is 12.7 Å². The number of carbonyl (C=O) groups excluding carboxylic acids is 1. The maximum atomic E-state index is 12.1. The molecule has 1 atom stereocenters. The largest absolute Gasteiger partial charge is 0.480 e. The maximum Gasteiger partial charge on any atom is 0.322 e. The summed E-state index contributed by atoms with van der Waals surface area (Å²) in [5.74, 6) is -1.93. The number of methoxy groups -OCH3 is 1. The molecule has 1 heterocycles. The fourth-order valence-electron chi connectivity index (χ4n) is 2.12. The van der Waals surface area contributed by atoms with E-state index in [1.165, 1.54) is 13.2 Å². The summed E-state index contributed by atoms with van der Waals surface area (Å²) in [6, 6.07) is -1.24. The van der Waals surface area contributed by atoms with Crippen molar-refractivity contribution in [1.29, 1.82) is 0 Å². The Labute approximate surface area is 123 Å². The van der Waals surface area contributed by atoms with Crippen LogP contribution in [-0.4, -0.2) is 56.0 Å². The number of esters is 1. The van der Waals surface area contributed by atoms with Crippen LogP contribution in [0.1, 0.15) is 19.3 Å². The number of nitrogens with zero attached hydrogens (tertiary/aromatic N) is 1. The van der Waals surface area contributed by atoms with E-state index in [1.54, 1.807) is 0 Å². The third kappa shape index (κ3) is 4.80. The van der Waals surface area contributed by atoms with Gasteiger partial charge in [-0.1, -0.05) is 6.08 Å². The quantitative estimate of drug-likeness (QED) is 0.493. The summed E-state index contributed by atoms with van der Waals surface area (Å²) in [5, 5.41) is 8.96. The Kier molecular flexibility index (Phi) is 6.31. The number of aliphatic carboxylic acids is 1. The van der Waals surface area contributed by atoms with Crippen molar-refractivity contribution in [3.05, 3.63) is 12.7 Å². The molecule has 9 heteroatoms. The number of ether oxygens (including phenoxy) is 1. The van der Waals surface area contributed by atoms with Crippen molar-refractivity contribution in [2.75, 3.05) is 20.2 Å².